The van der Waals surface area contributed by atoms with Crippen molar-refractivity contribution in [2.24, 2.45) is 0 Å². The Kier molecular flexibility index (Phi) is 5.28. The van der Waals surface area contributed by atoms with Gasteiger partial charge in [0.25, 0.3) is 0 Å². The predicted octanol–water partition coefficient (Wildman–Crippen LogP) is 4.30. The van der Waals surface area contributed by atoms with Gasteiger partial charge in [0.1, 0.15) is 5.75 Å². The Hall–Kier alpha value is -2.66. The zero-order chi connectivity index (χ0) is 17.4. The molecule has 0 saturated heterocycles. The number of aromatic hydroxyl groups is 1. The van der Waals surface area contributed by atoms with E-state index in [1.54, 1.807) is 6.07 Å². The lowest BCUT2D eigenvalue weighted by atomic mass is 10.0. The molecule has 1 heterocycles. The molecule has 0 fully saturated rings. The average Bonchev–Trinajstić information content (AvgIpc) is 2.84. The Morgan fingerprint density at radius 3 is 2.52 bits per heavy atom. The molecule has 132 valence electrons. The third-order valence-corrected chi connectivity index (χ3v) is 4.12. The second-order valence-electron chi connectivity index (χ2n) is 6.16. The molecule has 0 aliphatic heterocycles. The number of hydrogen-bond acceptors (Lipinski definition) is 3. The van der Waals surface area contributed by atoms with Crippen LogP contribution in [0.2, 0.25) is 0 Å². The van der Waals surface area contributed by atoms with Crippen LogP contribution in [0.25, 0.3) is 22.2 Å². The molecule has 0 unspecified atom stereocenters. The monoisotopic (exact) mass is 359 g/mol. The second-order valence-corrected chi connectivity index (χ2v) is 6.16. The molecule has 3 N–H and O–H groups in total. The number of phenolic OH excluding ortho intramolecular Hbond substituents is 1. The van der Waals surface area contributed by atoms with Gasteiger partial charge < -0.3 is 20.3 Å². The largest absolute Gasteiger partial charge is 0.506 e. The van der Waals surface area contributed by atoms with E-state index in [1.165, 1.54) is 6.92 Å². The molecule has 1 amide bonds. The van der Waals surface area contributed by atoms with Crippen LogP contribution in [0.3, 0.4) is 0 Å². The Morgan fingerprint density at radius 2 is 1.88 bits per heavy atom. The number of H-pyrrole nitrogens is 1. The molecule has 0 bridgehead atoms. The molecule has 0 aliphatic rings. The lowest BCUT2D eigenvalue weighted by Gasteiger charge is -2.15. The van der Waals surface area contributed by atoms with Gasteiger partial charge in [-0.2, -0.15) is 0 Å². The summed E-state index contributed by atoms with van der Waals surface area (Å²) in [5.41, 5.74) is 5.68. The second kappa shape index (κ2) is 7.07. The van der Waals surface area contributed by atoms with Crippen LogP contribution in [0.5, 0.6) is 5.75 Å². The number of phenols is 1. The number of nitrogens with one attached hydrogen (secondary N) is 2. The summed E-state index contributed by atoms with van der Waals surface area (Å²) in [5, 5.41) is 13.9. The number of benzene rings is 2. The summed E-state index contributed by atoms with van der Waals surface area (Å²) in [4.78, 5) is 16.6. The van der Waals surface area contributed by atoms with E-state index in [4.69, 9.17) is 0 Å². The van der Waals surface area contributed by atoms with Gasteiger partial charge in [0, 0.05) is 48.9 Å². The maximum absolute atomic E-state index is 11.2. The lowest BCUT2D eigenvalue weighted by molar-refractivity contribution is -0.114. The Morgan fingerprint density at radius 1 is 1.16 bits per heavy atom. The van der Waals surface area contributed by atoms with Gasteiger partial charge in [0.15, 0.2) is 0 Å². The van der Waals surface area contributed by atoms with Crippen LogP contribution in [0, 0.1) is 6.92 Å². The minimum atomic E-state index is -0.0862. The van der Waals surface area contributed by atoms with E-state index in [9.17, 15) is 9.90 Å². The van der Waals surface area contributed by atoms with Gasteiger partial charge in [-0.3, -0.25) is 4.79 Å². The first kappa shape index (κ1) is 18.7. The van der Waals surface area contributed by atoms with Crippen LogP contribution < -0.4 is 10.2 Å². The van der Waals surface area contributed by atoms with Crippen LogP contribution in [-0.4, -0.2) is 30.1 Å². The maximum Gasteiger partial charge on any atom is 0.221 e. The molecule has 0 aliphatic carbocycles. The molecule has 3 aromatic rings. The summed E-state index contributed by atoms with van der Waals surface area (Å²) in [5.74, 6) is 0.169. The fourth-order valence-electron chi connectivity index (χ4n) is 2.93. The third kappa shape index (κ3) is 3.56. The highest BCUT2D eigenvalue weighted by Gasteiger charge is 2.13. The van der Waals surface area contributed by atoms with E-state index in [1.807, 2.05) is 56.3 Å². The molecule has 0 atom stereocenters. The SMILES string of the molecule is CC(=O)Nc1ccc2[nH]c(-c3ccc(O)c(N(C)C)c3)c(C)c2c1.Cl. The molecule has 1 aromatic heterocycles. The van der Waals surface area contributed by atoms with Crippen molar-refractivity contribution in [1.82, 2.24) is 4.98 Å². The number of aromatic nitrogens is 1. The summed E-state index contributed by atoms with van der Waals surface area (Å²) in [6.45, 7) is 3.55. The zero-order valence-electron chi connectivity index (χ0n) is 14.7. The van der Waals surface area contributed by atoms with Crippen LogP contribution in [-0.2, 0) is 4.79 Å². The Labute approximate surface area is 153 Å². The fraction of sp³-hybridized carbons (Fsp3) is 0.211. The number of hydrogen-bond donors (Lipinski definition) is 3. The minimum absolute atomic E-state index is 0. The van der Waals surface area contributed by atoms with Crippen molar-refractivity contribution < 1.29 is 9.90 Å². The summed E-state index contributed by atoms with van der Waals surface area (Å²) in [6, 6.07) is 11.4. The van der Waals surface area contributed by atoms with Crippen molar-refractivity contribution in [3.05, 3.63) is 42.0 Å². The molecular formula is C19H22ClN3O2. The van der Waals surface area contributed by atoms with E-state index in [0.717, 1.165) is 39.1 Å². The minimum Gasteiger partial charge on any atom is -0.506 e. The van der Waals surface area contributed by atoms with Gasteiger partial charge in [-0.25, -0.2) is 0 Å². The molecule has 0 spiro atoms. The third-order valence-electron chi connectivity index (χ3n) is 4.12. The molecule has 3 rings (SSSR count). The van der Waals surface area contributed by atoms with Crippen molar-refractivity contribution in [2.45, 2.75) is 13.8 Å². The number of rotatable bonds is 3. The molecule has 6 heteroatoms. The lowest BCUT2D eigenvalue weighted by Crippen LogP contribution is -2.08. The quantitative estimate of drug-likeness (QED) is 0.653. The fourth-order valence-corrected chi connectivity index (χ4v) is 2.93. The molecule has 25 heavy (non-hydrogen) atoms. The Balaban J connectivity index is 0.00000225. The van der Waals surface area contributed by atoms with E-state index in [2.05, 4.69) is 10.3 Å². The standard InChI is InChI=1S/C19H21N3O2.ClH/c1-11-15-10-14(20-12(2)23)6-7-16(15)21-19(11)13-5-8-18(24)17(9-13)22(3)4;/h5-10,21,24H,1-4H3,(H,20,23);1H. The molecule has 0 saturated carbocycles. The van der Waals surface area contributed by atoms with E-state index in [-0.39, 0.29) is 24.1 Å². The van der Waals surface area contributed by atoms with Crippen molar-refractivity contribution in [3.63, 3.8) is 0 Å². The van der Waals surface area contributed by atoms with Gasteiger partial charge in [0.05, 0.1) is 5.69 Å². The highest BCUT2D eigenvalue weighted by Crippen LogP contribution is 2.35. The first-order valence-corrected chi connectivity index (χ1v) is 7.77. The maximum atomic E-state index is 11.2. The number of fused-ring (bicyclic) bond motifs is 1. The molecule has 5 nitrogen and oxygen atoms in total. The van der Waals surface area contributed by atoms with Crippen LogP contribution >= 0.6 is 12.4 Å². The number of aromatic amines is 1. The smallest absolute Gasteiger partial charge is 0.221 e. The number of amides is 1. The Bertz CT molecular complexity index is 932. The number of carbonyl (C=O) groups excluding carboxylic acids is 1. The molecular weight excluding hydrogens is 338 g/mol. The summed E-state index contributed by atoms with van der Waals surface area (Å²) in [6.07, 6.45) is 0. The van der Waals surface area contributed by atoms with E-state index in [0.29, 0.717) is 0 Å². The number of aryl methyl sites for hydroxylation is 1. The predicted molar refractivity (Wildman–Crippen MR) is 106 cm³/mol. The highest BCUT2D eigenvalue weighted by atomic mass is 35.5. The topological polar surface area (TPSA) is 68.4 Å². The van der Waals surface area contributed by atoms with Gasteiger partial charge in [0.2, 0.25) is 5.91 Å². The summed E-state index contributed by atoms with van der Waals surface area (Å²) < 4.78 is 0. The van der Waals surface area contributed by atoms with E-state index >= 15 is 0 Å². The highest BCUT2D eigenvalue weighted by molar-refractivity contribution is 5.96. The van der Waals surface area contributed by atoms with Crippen molar-refractivity contribution in [3.8, 4) is 17.0 Å². The molecule has 0 radical (unpaired) electrons. The van der Waals surface area contributed by atoms with Crippen LogP contribution in [0.1, 0.15) is 12.5 Å². The van der Waals surface area contributed by atoms with Gasteiger partial charge in [-0.15, -0.1) is 12.4 Å². The zero-order valence-corrected chi connectivity index (χ0v) is 15.5. The first-order valence-electron chi connectivity index (χ1n) is 7.77. The van der Waals surface area contributed by atoms with Crippen LogP contribution in [0.4, 0.5) is 11.4 Å². The summed E-state index contributed by atoms with van der Waals surface area (Å²) >= 11 is 0. The van der Waals surface area contributed by atoms with Crippen molar-refractivity contribution in [1.29, 1.82) is 0 Å². The van der Waals surface area contributed by atoms with Crippen molar-refractivity contribution in [2.75, 3.05) is 24.3 Å². The first-order chi connectivity index (χ1) is 11.4. The van der Waals surface area contributed by atoms with E-state index < -0.39 is 0 Å². The number of halogens is 1. The number of anilines is 2. The van der Waals surface area contributed by atoms with Gasteiger partial charge in [-0.1, -0.05) is 0 Å². The van der Waals surface area contributed by atoms with Gasteiger partial charge >= 0.3 is 0 Å². The van der Waals surface area contributed by atoms with Gasteiger partial charge in [-0.05, 0) is 48.9 Å². The normalized spacial score (nSPS) is 10.4. The molecule has 2 aromatic carbocycles. The number of carbonyl (C=O) groups is 1. The average molecular weight is 360 g/mol. The van der Waals surface area contributed by atoms with Crippen LogP contribution in [0.15, 0.2) is 36.4 Å². The number of nitrogens with zero attached hydrogens (tertiary/aromatic N) is 1. The summed E-state index contributed by atoms with van der Waals surface area (Å²) in [7, 11) is 3.80. The van der Waals surface area contributed by atoms with Crippen molar-refractivity contribution >= 4 is 40.6 Å².